The summed E-state index contributed by atoms with van der Waals surface area (Å²) in [4.78, 5) is 39.5. The van der Waals surface area contributed by atoms with Crippen molar-refractivity contribution >= 4 is 35.0 Å². The van der Waals surface area contributed by atoms with Crippen molar-refractivity contribution < 1.29 is 19.9 Å². The first-order valence-electron chi connectivity index (χ1n) is 10.2. The Morgan fingerprint density at radius 3 is 2.59 bits per heavy atom. The molecule has 0 saturated carbocycles. The Kier molecular flexibility index (Phi) is 7.61. The second-order valence-corrected chi connectivity index (χ2v) is 8.15. The molecule has 0 atom stereocenters. The first kappa shape index (κ1) is 24.8. The molecule has 2 aliphatic heterocycles. The summed E-state index contributed by atoms with van der Waals surface area (Å²) < 4.78 is 0. The van der Waals surface area contributed by atoms with Crippen LogP contribution in [0.5, 0.6) is 0 Å². The maximum atomic E-state index is 13.2. The first-order valence-corrected chi connectivity index (χ1v) is 10.6. The number of halogens is 1. The normalized spacial score (nSPS) is 15.6. The van der Waals surface area contributed by atoms with E-state index >= 15 is 0 Å². The summed E-state index contributed by atoms with van der Waals surface area (Å²) >= 11 is 6.10. The van der Waals surface area contributed by atoms with Crippen molar-refractivity contribution in [1.29, 1.82) is 0 Å². The molecule has 1 aromatic carbocycles. The largest absolute Gasteiger partial charge is 0.412 e. The van der Waals surface area contributed by atoms with Crippen LogP contribution >= 0.6 is 11.6 Å². The highest BCUT2D eigenvalue weighted by Crippen LogP contribution is 2.21. The number of anilines is 1. The molecule has 4 rings (SSSR count). The lowest BCUT2D eigenvalue weighted by Gasteiger charge is -2.27. The van der Waals surface area contributed by atoms with Gasteiger partial charge in [0.1, 0.15) is 11.5 Å². The topological polar surface area (TPSA) is 165 Å². The minimum atomic E-state index is -0.528. The third kappa shape index (κ3) is 5.39. The number of aromatic nitrogens is 2. The summed E-state index contributed by atoms with van der Waals surface area (Å²) in [7, 11) is 0. The zero-order chi connectivity index (χ0) is 23.5. The number of nitrogens with two attached hydrogens (primary N) is 1. The Labute approximate surface area is 200 Å². The van der Waals surface area contributed by atoms with Crippen molar-refractivity contribution in [1.82, 2.24) is 25.8 Å². The van der Waals surface area contributed by atoms with Crippen molar-refractivity contribution in [3.63, 3.8) is 0 Å². The van der Waals surface area contributed by atoms with E-state index in [1.807, 2.05) is 13.0 Å². The minimum absolute atomic E-state index is 0. The highest BCUT2D eigenvalue weighted by atomic mass is 35.5. The third-order valence-electron chi connectivity index (χ3n) is 5.21. The van der Waals surface area contributed by atoms with Crippen LogP contribution in [0.4, 0.5) is 5.82 Å². The zero-order valence-corrected chi connectivity index (χ0v) is 19.1. The summed E-state index contributed by atoms with van der Waals surface area (Å²) in [5.74, 6) is 5.75. The number of ketones is 1. The van der Waals surface area contributed by atoms with Crippen LogP contribution in [0.1, 0.15) is 33.3 Å². The van der Waals surface area contributed by atoms with Crippen molar-refractivity contribution in [2.24, 2.45) is 5.84 Å². The molecule has 2 amide bonds. The average Bonchev–Trinajstić information content (AvgIpc) is 2.80. The molecule has 34 heavy (non-hydrogen) atoms. The van der Waals surface area contributed by atoms with Crippen LogP contribution in [0.25, 0.3) is 0 Å². The van der Waals surface area contributed by atoms with Crippen LogP contribution in [0.2, 0.25) is 5.02 Å². The summed E-state index contributed by atoms with van der Waals surface area (Å²) in [5.41, 5.74) is 1.32. The predicted molar refractivity (Wildman–Crippen MR) is 126 cm³/mol. The number of rotatable bonds is 5. The predicted octanol–water partition coefficient (Wildman–Crippen LogP) is 0.179. The molecule has 6 N–H and O–H groups in total. The first-order chi connectivity index (χ1) is 15.8. The Morgan fingerprint density at radius 1 is 1.12 bits per heavy atom. The van der Waals surface area contributed by atoms with Gasteiger partial charge in [-0.1, -0.05) is 23.3 Å². The molecule has 1 saturated heterocycles. The molecule has 3 heterocycles. The molecule has 0 radical (unpaired) electrons. The van der Waals surface area contributed by atoms with Gasteiger partial charge in [-0.25, -0.2) is 5.84 Å². The molecule has 2 aromatic rings. The number of hydrogen-bond donors (Lipinski definition) is 3. The van der Waals surface area contributed by atoms with E-state index in [2.05, 4.69) is 20.8 Å². The van der Waals surface area contributed by atoms with E-state index in [1.165, 1.54) is 29.3 Å². The molecular formula is C22H24ClN7O4. The number of allylic oxidation sites excluding steroid dienone is 2. The van der Waals surface area contributed by atoms with Crippen molar-refractivity contribution in [2.45, 2.75) is 6.92 Å². The average molecular weight is 486 g/mol. The van der Waals surface area contributed by atoms with Crippen LogP contribution in [-0.2, 0) is 4.79 Å². The lowest BCUT2D eigenvalue weighted by Crippen LogP contribution is -2.48. The van der Waals surface area contributed by atoms with Crippen LogP contribution < -0.4 is 21.4 Å². The van der Waals surface area contributed by atoms with Gasteiger partial charge >= 0.3 is 0 Å². The highest BCUT2D eigenvalue weighted by molar-refractivity contribution is 6.31. The van der Waals surface area contributed by atoms with E-state index in [9.17, 15) is 14.4 Å². The van der Waals surface area contributed by atoms with Gasteiger partial charge in [0.25, 0.3) is 5.91 Å². The van der Waals surface area contributed by atoms with Crippen LogP contribution in [0, 0.1) is 0 Å². The Morgan fingerprint density at radius 2 is 1.91 bits per heavy atom. The zero-order valence-electron chi connectivity index (χ0n) is 18.3. The Bertz CT molecular complexity index is 1180. The number of carbonyl (C=O) groups excluding carboxylic acids is 3. The van der Waals surface area contributed by atoms with Gasteiger partial charge in [-0.2, -0.15) is 0 Å². The van der Waals surface area contributed by atoms with Gasteiger partial charge in [-0.3, -0.25) is 19.4 Å². The van der Waals surface area contributed by atoms with Gasteiger partial charge in [0.15, 0.2) is 5.82 Å². The molecule has 11 nitrogen and oxygen atoms in total. The molecule has 12 heteroatoms. The number of piperazine rings is 1. The SMILES string of the molecule is CC1=CC=C(NC(=O)c2cc(Cl)ccc2C(=O)c2ccc(N3CCNC(=O)C3)nn2)N(N)C1.O. The van der Waals surface area contributed by atoms with Gasteiger partial charge in [-0.15, -0.1) is 10.2 Å². The van der Waals surface area contributed by atoms with Crippen LogP contribution in [0.3, 0.4) is 0 Å². The molecular weight excluding hydrogens is 462 g/mol. The number of nitrogens with one attached hydrogen (secondary N) is 2. The van der Waals surface area contributed by atoms with Crippen molar-refractivity contribution in [3.05, 3.63) is 75.7 Å². The van der Waals surface area contributed by atoms with E-state index in [1.54, 1.807) is 17.0 Å². The second-order valence-electron chi connectivity index (χ2n) is 7.71. The van der Waals surface area contributed by atoms with E-state index in [-0.39, 0.29) is 34.7 Å². The van der Waals surface area contributed by atoms with E-state index in [4.69, 9.17) is 17.4 Å². The second kappa shape index (κ2) is 10.4. The van der Waals surface area contributed by atoms with Crippen LogP contribution in [0.15, 0.2) is 53.9 Å². The monoisotopic (exact) mass is 485 g/mol. The molecule has 178 valence electrons. The fourth-order valence-corrected chi connectivity index (χ4v) is 3.68. The summed E-state index contributed by atoms with van der Waals surface area (Å²) in [6.45, 7) is 3.67. The molecule has 1 aromatic heterocycles. The smallest absolute Gasteiger partial charge is 0.257 e. The number of benzene rings is 1. The minimum Gasteiger partial charge on any atom is -0.412 e. The van der Waals surface area contributed by atoms with Crippen LogP contribution in [-0.4, -0.2) is 64.5 Å². The molecule has 2 aliphatic rings. The summed E-state index contributed by atoms with van der Waals surface area (Å²) in [6.07, 6.45) is 3.54. The molecule has 0 unspecified atom stereocenters. The van der Waals surface area contributed by atoms with Gasteiger partial charge in [0.05, 0.1) is 18.7 Å². The maximum absolute atomic E-state index is 13.2. The molecule has 0 spiro atoms. The fourth-order valence-electron chi connectivity index (χ4n) is 3.51. The third-order valence-corrected chi connectivity index (χ3v) is 5.45. The number of amides is 2. The number of nitrogens with zero attached hydrogens (tertiary/aromatic N) is 4. The summed E-state index contributed by atoms with van der Waals surface area (Å²) in [5, 5.41) is 15.3. The van der Waals surface area contributed by atoms with Gasteiger partial charge < -0.3 is 21.0 Å². The van der Waals surface area contributed by atoms with Gasteiger partial charge in [0.2, 0.25) is 11.7 Å². The lowest BCUT2D eigenvalue weighted by atomic mass is 10.0. The lowest BCUT2D eigenvalue weighted by molar-refractivity contribution is -0.120. The standard InChI is InChI=1S/C22H22ClN7O3.H2O/c1-13-2-6-18(30(24)11-13)26-22(33)16-10-14(23)3-4-15(16)21(32)17-5-7-19(28-27-17)29-9-8-25-20(31)12-29;/h2-7,10H,8-9,11-12,24H2,1H3,(H,25,31)(H,26,33);1H2. The molecule has 0 bridgehead atoms. The summed E-state index contributed by atoms with van der Waals surface area (Å²) in [6, 6.07) is 7.57. The quantitative estimate of drug-likeness (QED) is 0.398. The van der Waals surface area contributed by atoms with Gasteiger partial charge in [-0.05, 0) is 43.3 Å². The number of carbonyl (C=O) groups is 3. The molecule has 0 aliphatic carbocycles. The Balaban J connectivity index is 0.00000324. The van der Waals surface area contributed by atoms with E-state index in [0.717, 1.165) is 5.57 Å². The highest BCUT2D eigenvalue weighted by Gasteiger charge is 2.23. The fraction of sp³-hybridized carbons (Fsp3) is 0.227. The number of hydrogen-bond acceptors (Lipinski definition) is 8. The number of hydrazine groups is 1. The Hall–Kier alpha value is -3.80. The van der Waals surface area contributed by atoms with E-state index < -0.39 is 11.7 Å². The van der Waals surface area contributed by atoms with Crippen molar-refractivity contribution in [2.75, 3.05) is 31.1 Å². The van der Waals surface area contributed by atoms with Crippen molar-refractivity contribution in [3.8, 4) is 0 Å². The maximum Gasteiger partial charge on any atom is 0.257 e. The van der Waals surface area contributed by atoms with Gasteiger partial charge in [0, 0.05) is 23.7 Å². The van der Waals surface area contributed by atoms with E-state index in [0.29, 0.717) is 36.3 Å². The molecule has 1 fully saturated rings.